The van der Waals surface area contributed by atoms with Crippen molar-refractivity contribution in [2.75, 3.05) is 6.61 Å². The van der Waals surface area contributed by atoms with Gasteiger partial charge >= 0.3 is 12.1 Å². The molecule has 1 aromatic heterocycles. The molecule has 2 aromatic carbocycles. The summed E-state index contributed by atoms with van der Waals surface area (Å²) in [6, 6.07) is 17.3. The molecule has 0 saturated heterocycles. The Morgan fingerprint density at radius 3 is 2.57 bits per heavy atom. The van der Waals surface area contributed by atoms with Crippen molar-refractivity contribution in [3.05, 3.63) is 88.5 Å². The van der Waals surface area contributed by atoms with Gasteiger partial charge in [-0.3, -0.25) is 4.57 Å². The van der Waals surface area contributed by atoms with Crippen molar-refractivity contribution in [2.45, 2.75) is 64.4 Å². The van der Waals surface area contributed by atoms with Crippen LogP contribution in [0.2, 0.25) is 0 Å². The van der Waals surface area contributed by atoms with E-state index in [1.54, 1.807) is 18.2 Å². The number of aromatic nitrogens is 2. The summed E-state index contributed by atoms with van der Waals surface area (Å²) in [4.78, 5) is 30.5. The number of ether oxygens (including phenoxy) is 4. The molecule has 1 fully saturated rings. The van der Waals surface area contributed by atoms with Crippen LogP contribution in [0.15, 0.2) is 77.4 Å². The van der Waals surface area contributed by atoms with E-state index < -0.39 is 18.4 Å². The Balaban J connectivity index is 1.32. The maximum absolute atomic E-state index is 13.5. The summed E-state index contributed by atoms with van der Waals surface area (Å²) in [5.41, 5.74) is 5.44. The van der Waals surface area contributed by atoms with Gasteiger partial charge in [-0.15, -0.1) is 0 Å². The number of allylic oxidation sites excluding steroid dienone is 6. The molecule has 0 amide bonds. The lowest BCUT2D eigenvalue weighted by Crippen LogP contribution is -2.30. The van der Waals surface area contributed by atoms with Gasteiger partial charge in [0, 0.05) is 12.5 Å². The first-order valence-corrected chi connectivity index (χ1v) is 14.3. The summed E-state index contributed by atoms with van der Waals surface area (Å²) >= 11 is 0. The number of para-hydroxylation sites is 1. The fourth-order valence-electron chi connectivity index (χ4n) is 5.97. The highest BCUT2D eigenvalue weighted by atomic mass is 16.8. The van der Waals surface area contributed by atoms with Crippen LogP contribution < -0.4 is 4.74 Å². The lowest BCUT2D eigenvalue weighted by Gasteiger charge is -2.39. The van der Waals surface area contributed by atoms with Crippen LogP contribution in [-0.2, 0) is 14.2 Å². The lowest BCUT2D eigenvalue weighted by molar-refractivity contribution is -0.0914. The Bertz CT molecular complexity index is 1670. The predicted octanol–water partition coefficient (Wildman–Crippen LogP) is 6.82. The van der Waals surface area contributed by atoms with Crippen LogP contribution in [0.3, 0.4) is 0 Å². The van der Waals surface area contributed by atoms with Crippen molar-refractivity contribution in [2.24, 2.45) is 0 Å². The van der Waals surface area contributed by atoms with E-state index in [0.29, 0.717) is 29.2 Å². The van der Waals surface area contributed by atoms with Crippen LogP contribution in [0.5, 0.6) is 6.01 Å². The zero-order valence-electron chi connectivity index (χ0n) is 23.5. The molecular weight excluding hydrogens is 534 g/mol. The summed E-state index contributed by atoms with van der Waals surface area (Å²) in [5.74, 6) is -0.686. The minimum atomic E-state index is -1.17. The van der Waals surface area contributed by atoms with E-state index in [9.17, 15) is 14.9 Å². The van der Waals surface area contributed by atoms with Crippen LogP contribution in [0.25, 0.3) is 16.6 Å². The molecule has 6 rings (SSSR count). The van der Waals surface area contributed by atoms with Gasteiger partial charge in [0.15, 0.2) is 0 Å². The molecule has 3 aliphatic rings. The largest absolute Gasteiger partial charge is 0.511 e. The lowest BCUT2D eigenvalue weighted by atomic mass is 9.69. The number of rotatable bonds is 8. The number of fused-ring (bicyclic) bond motifs is 3. The molecular formula is C33H31N3O6. The third kappa shape index (κ3) is 4.94. The summed E-state index contributed by atoms with van der Waals surface area (Å²) in [7, 11) is 0. The summed E-state index contributed by atoms with van der Waals surface area (Å²) in [6.45, 7) is 3.69. The molecule has 0 spiro atoms. The minimum Gasteiger partial charge on any atom is -0.465 e. The third-order valence-corrected chi connectivity index (χ3v) is 7.82. The molecule has 2 atom stereocenters. The highest BCUT2D eigenvalue weighted by molar-refractivity contribution is 6.03. The van der Waals surface area contributed by atoms with Crippen molar-refractivity contribution < 1.29 is 28.5 Å². The Hall–Kier alpha value is -4.84. The van der Waals surface area contributed by atoms with Crippen LogP contribution >= 0.6 is 0 Å². The van der Waals surface area contributed by atoms with E-state index in [4.69, 9.17) is 23.9 Å². The number of hydrogen-bond acceptors (Lipinski definition) is 8. The first-order valence-electron chi connectivity index (χ1n) is 14.3. The van der Waals surface area contributed by atoms with Gasteiger partial charge in [0.25, 0.3) is 6.01 Å². The number of carbonyl (C=O) groups excluding carboxylic acids is 2. The molecule has 214 valence electrons. The van der Waals surface area contributed by atoms with E-state index in [1.807, 2.05) is 54.0 Å². The van der Waals surface area contributed by atoms with Crippen LogP contribution in [0.4, 0.5) is 4.79 Å². The van der Waals surface area contributed by atoms with Crippen LogP contribution in [0, 0.1) is 11.3 Å². The zero-order valence-corrected chi connectivity index (χ0v) is 23.5. The Kier molecular flexibility index (Phi) is 7.53. The second kappa shape index (κ2) is 11.6. The summed E-state index contributed by atoms with van der Waals surface area (Å²) < 4.78 is 24.0. The molecule has 2 unspecified atom stereocenters. The Morgan fingerprint density at radius 2 is 1.83 bits per heavy atom. The van der Waals surface area contributed by atoms with Crippen LogP contribution in [0.1, 0.15) is 67.9 Å². The summed E-state index contributed by atoms with van der Waals surface area (Å²) in [5, 5.41) is 10.0. The molecule has 1 heterocycles. The number of nitriles is 1. The quantitative estimate of drug-likeness (QED) is 0.216. The van der Waals surface area contributed by atoms with Gasteiger partial charge in [-0.2, -0.15) is 10.2 Å². The predicted molar refractivity (Wildman–Crippen MR) is 154 cm³/mol. The van der Waals surface area contributed by atoms with Crippen molar-refractivity contribution in [1.82, 2.24) is 9.55 Å². The van der Waals surface area contributed by atoms with Gasteiger partial charge in [0.1, 0.15) is 6.10 Å². The zero-order chi connectivity index (χ0) is 29.2. The standard InChI is InChI=1S/C33H31N3O6/c1-3-39-32-35-27-16-10-15-25(31(37)40-20(2)41-33(38)42-22-13-8-5-9-14-22)29(27)36(32)30-24-18-17-23(28(30)26(24)19-34)21-11-6-4-7-12-21/h4,6-7,10-12,15-18,20,22,30H,3,5,8-9,13-14H2,1-2H3. The molecule has 3 aliphatic carbocycles. The van der Waals surface area contributed by atoms with Gasteiger partial charge in [-0.1, -0.05) is 55.0 Å². The molecule has 0 aliphatic heterocycles. The SMILES string of the molecule is CCOc1nc2cccc(C(=O)OC(C)OC(=O)OC3CCCCC3)c2n1C1c2ccc(-c3ccccc3)c1c2C#N. The van der Waals surface area contributed by atoms with Crippen LogP contribution in [-0.4, -0.2) is 40.7 Å². The van der Waals surface area contributed by atoms with Crippen molar-refractivity contribution in [3.8, 4) is 12.1 Å². The monoisotopic (exact) mass is 565 g/mol. The van der Waals surface area contributed by atoms with E-state index in [-0.39, 0.29) is 17.7 Å². The van der Waals surface area contributed by atoms with E-state index >= 15 is 0 Å². The Labute approximate surface area is 243 Å². The van der Waals surface area contributed by atoms with E-state index in [0.717, 1.165) is 54.4 Å². The smallest absolute Gasteiger partial charge is 0.465 e. The molecule has 42 heavy (non-hydrogen) atoms. The number of carbonyl (C=O) groups is 2. The highest BCUT2D eigenvalue weighted by Crippen LogP contribution is 2.55. The average Bonchev–Trinajstić information content (AvgIpc) is 3.35. The topological polar surface area (TPSA) is 113 Å². The first kappa shape index (κ1) is 27.3. The maximum atomic E-state index is 13.5. The number of esters is 1. The molecule has 9 heteroatoms. The normalized spacial score (nSPS) is 18.7. The number of hydrogen-bond donors (Lipinski definition) is 0. The van der Waals surface area contributed by atoms with Crippen molar-refractivity contribution in [1.29, 1.82) is 5.26 Å². The highest BCUT2D eigenvalue weighted by Gasteiger charge is 2.43. The van der Waals surface area contributed by atoms with Crippen molar-refractivity contribution >= 4 is 28.7 Å². The second-order valence-corrected chi connectivity index (χ2v) is 10.5. The van der Waals surface area contributed by atoms with Crippen molar-refractivity contribution in [3.63, 3.8) is 0 Å². The molecule has 9 nitrogen and oxygen atoms in total. The molecule has 0 radical (unpaired) electrons. The molecule has 1 saturated carbocycles. The number of imidazole rings is 1. The van der Waals surface area contributed by atoms with Gasteiger partial charge in [0.2, 0.25) is 6.29 Å². The molecule has 0 N–H and O–H groups in total. The fraction of sp³-hybridized carbons (Fsp3) is 0.333. The van der Waals surface area contributed by atoms with E-state index in [1.165, 1.54) is 6.92 Å². The number of benzene rings is 2. The van der Waals surface area contributed by atoms with Gasteiger partial charge < -0.3 is 18.9 Å². The third-order valence-electron chi connectivity index (χ3n) is 7.82. The number of nitrogens with zero attached hydrogens (tertiary/aromatic N) is 3. The maximum Gasteiger partial charge on any atom is 0.511 e. The van der Waals surface area contributed by atoms with Gasteiger partial charge in [-0.05, 0) is 61.4 Å². The molecule has 2 bridgehead atoms. The first-order chi connectivity index (χ1) is 20.5. The fourth-order valence-corrected chi connectivity index (χ4v) is 5.97. The Morgan fingerprint density at radius 1 is 1.05 bits per heavy atom. The molecule has 3 aromatic rings. The van der Waals surface area contributed by atoms with Gasteiger partial charge in [0.05, 0.1) is 40.9 Å². The second-order valence-electron chi connectivity index (χ2n) is 10.5. The van der Waals surface area contributed by atoms with Gasteiger partial charge in [-0.25, -0.2) is 9.59 Å². The minimum absolute atomic E-state index is 0.173. The summed E-state index contributed by atoms with van der Waals surface area (Å²) in [6.07, 6.45) is 6.52. The average molecular weight is 566 g/mol. The van der Waals surface area contributed by atoms with E-state index in [2.05, 4.69) is 6.07 Å².